The second kappa shape index (κ2) is 10.8. The average Bonchev–Trinajstić information content (AvgIpc) is 3.27. The number of primary amides is 1. The Morgan fingerprint density at radius 2 is 1.67 bits per heavy atom. The number of hydrogen-bond donors (Lipinski definition) is 3. The summed E-state index contributed by atoms with van der Waals surface area (Å²) in [6.07, 6.45) is 1.70. The Morgan fingerprint density at radius 3 is 2.26 bits per heavy atom. The number of nitrogens with zero attached hydrogens (tertiary/aromatic N) is 3. The Balaban J connectivity index is 1.95. The van der Waals surface area contributed by atoms with E-state index in [2.05, 4.69) is 28.5 Å². The Labute approximate surface area is 231 Å². The minimum Gasteiger partial charge on any atom is -0.395 e. The molecular formula is C29H32N6O3S. The van der Waals surface area contributed by atoms with Gasteiger partial charge in [-0.15, -0.1) is 0 Å². The predicted molar refractivity (Wildman–Crippen MR) is 155 cm³/mol. The maximum absolute atomic E-state index is 14.2. The fourth-order valence-electron chi connectivity index (χ4n) is 4.26. The van der Waals surface area contributed by atoms with Crippen LogP contribution in [0, 0.1) is 0 Å². The van der Waals surface area contributed by atoms with Crippen molar-refractivity contribution in [2.24, 2.45) is 5.73 Å². The molecule has 39 heavy (non-hydrogen) atoms. The van der Waals surface area contributed by atoms with E-state index in [9.17, 15) is 14.4 Å². The lowest BCUT2D eigenvalue weighted by atomic mass is 9.98. The van der Waals surface area contributed by atoms with E-state index < -0.39 is 23.4 Å². The SMILES string of the molecule is CC(C)c1ccc(N(C(=O)c2snc(C(N)=O)c2N)C(C(=O)NC(C)(C)C)c2ccc3ncccc3c2)cc1. The molecule has 9 nitrogen and oxygen atoms in total. The van der Waals surface area contributed by atoms with Gasteiger partial charge in [0.15, 0.2) is 5.69 Å². The molecule has 4 rings (SSSR count). The predicted octanol–water partition coefficient (Wildman–Crippen LogP) is 4.80. The third-order valence-electron chi connectivity index (χ3n) is 6.16. The summed E-state index contributed by atoms with van der Waals surface area (Å²) in [5.41, 5.74) is 13.6. The summed E-state index contributed by atoms with van der Waals surface area (Å²) >= 11 is 0.775. The van der Waals surface area contributed by atoms with Gasteiger partial charge in [0, 0.05) is 22.8 Å². The number of carbonyl (C=O) groups excluding carboxylic acids is 3. The number of nitrogens with two attached hydrogens (primary N) is 2. The summed E-state index contributed by atoms with van der Waals surface area (Å²) in [7, 11) is 0. The number of hydrogen-bond acceptors (Lipinski definition) is 7. The summed E-state index contributed by atoms with van der Waals surface area (Å²) < 4.78 is 4.01. The van der Waals surface area contributed by atoms with Crippen LogP contribution >= 0.6 is 11.5 Å². The molecule has 0 saturated carbocycles. The molecule has 1 unspecified atom stereocenters. The van der Waals surface area contributed by atoms with Crippen molar-refractivity contribution in [1.82, 2.24) is 14.7 Å². The zero-order valence-corrected chi connectivity index (χ0v) is 23.4. The van der Waals surface area contributed by atoms with Gasteiger partial charge in [0.2, 0.25) is 5.91 Å². The molecule has 1 atom stereocenters. The number of benzene rings is 2. The Hall–Kier alpha value is -4.31. The van der Waals surface area contributed by atoms with Gasteiger partial charge >= 0.3 is 0 Å². The van der Waals surface area contributed by atoms with E-state index >= 15 is 0 Å². The Morgan fingerprint density at radius 1 is 1.00 bits per heavy atom. The quantitative estimate of drug-likeness (QED) is 0.305. The molecule has 0 aliphatic carbocycles. The number of carbonyl (C=O) groups is 3. The summed E-state index contributed by atoms with van der Waals surface area (Å²) in [4.78, 5) is 45.9. The standard InChI is InChI=1S/C29H32N6O3S/c1-16(2)17-8-11-20(12-9-17)35(28(38)25-22(30)23(26(31)36)34-39-25)24(27(37)33-29(3,4)5)19-10-13-21-18(15-19)7-6-14-32-21/h6-16,24H,30H2,1-5H3,(H2,31,36)(H,33,37). The molecule has 10 heteroatoms. The van der Waals surface area contributed by atoms with Crippen LogP contribution in [-0.2, 0) is 4.79 Å². The van der Waals surface area contributed by atoms with E-state index in [0.29, 0.717) is 11.3 Å². The van der Waals surface area contributed by atoms with Crippen LogP contribution in [-0.4, -0.2) is 32.6 Å². The van der Waals surface area contributed by atoms with Crippen LogP contribution in [0.2, 0.25) is 0 Å². The first-order valence-electron chi connectivity index (χ1n) is 12.5. The van der Waals surface area contributed by atoms with E-state index in [0.717, 1.165) is 28.0 Å². The number of nitrogens with one attached hydrogen (secondary N) is 1. The lowest BCUT2D eigenvalue weighted by molar-refractivity contribution is -0.123. The zero-order chi connectivity index (χ0) is 28.5. The van der Waals surface area contributed by atoms with Gasteiger partial charge in [-0.2, -0.15) is 4.37 Å². The maximum atomic E-state index is 14.2. The number of nitrogen functional groups attached to an aromatic ring is 1. The van der Waals surface area contributed by atoms with Crippen molar-refractivity contribution in [3.8, 4) is 0 Å². The van der Waals surface area contributed by atoms with Crippen LogP contribution in [0.15, 0.2) is 60.8 Å². The maximum Gasteiger partial charge on any atom is 0.273 e. The van der Waals surface area contributed by atoms with Gasteiger partial charge in [-0.05, 0) is 79.7 Å². The van der Waals surface area contributed by atoms with Crippen LogP contribution in [0.4, 0.5) is 11.4 Å². The van der Waals surface area contributed by atoms with Crippen LogP contribution < -0.4 is 21.7 Å². The highest BCUT2D eigenvalue weighted by Gasteiger charge is 2.37. The van der Waals surface area contributed by atoms with Gasteiger partial charge in [0.05, 0.1) is 11.2 Å². The van der Waals surface area contributed by atoms with E-state index in [1.54, 1.807) is 24.4 Å². The van der Waals surface area contributed by atoms with E-state index in [-0.39, 0.29) is 28.1 Å². The molecule has 5 N–H and O–H groups in total. The zero-order valence-electron chi connectivity index (χ0n) is 22.6. The molecule has 0 aliphatic rings. The number of fused-ring (bicyclic) bond motifs is 1. The monoisotopic (exact) mass is 544 g/mol. The van der Waals surface area contributed by atoms with Gasteiger partial charge in [-0.1, -0.05) is 38.1 Å². The lowest BCUT2D eigenvalue weighted by Crippen LogP contribution is -2.49. The van der Waals surface area contributed by atoms with Crippen molar-refractivity contribution in [2.45, 2.75) is 52.1 Å². The molecule has 0 spiro atoms. The van der Waals surface area contributed by atoms with Crippen molar-refractivity contribution in [2.75, 3.05) is 10.6 Å². The lowest BCUT2D eigenvalue weighted by Gasteiger charge is -2.34. The van der Waals surface area contributed by atoms with Crippen LogP contribution in [0.3, 0.4) is 0 Å². The highest BCUT2D eigenvalue weighted by atomic mass is 32.1. The molecular weight excluding hydrogens is 512 g/mol. The Kier molecular flexibility index (Phi) is 7.69. The van der Waals surface area contributed by atoms with E-state index in [1.165, 1.54) is 4.90 Å². The minimum atomic E-state index is -1.08. The van der Waals surface area contributed by atoms with Crippen LogP contribution in [0.5, 0.6) is 0 Å². The highest BCUT2D eigenvalue weighted by molar-refractivity contribution is 7.09. The number of pyridine rings is 1. The van der Waals surface area contributed by atoms with Crippen molar-refractivity contribution in [1.29, 1.82) is 0 Å². The molecule has 4 aromatic rings. The molecule has 3 amide bonds. The fourth-order valence-corrected chi connectivity index (χ4v) is 5.00. The molecule has 2 aromatic carbocycles. The topological polar surface area (TPSA) is 144 Å². The summed E-state index contributed by atoms with van der Waals surface area (Å²) in [6, 6.07) is 15.5. The smallest absolute Gasteiger partial charge is 0.273 e. The molecule has 0 saturated heterocycles. The summed E-state index contributed by atoms with van der Waals surface area (Å²) in [6.45, 7) is 9.76. The van der Waals surface area contributed by atoms with Crippen molar-refractivity contribution in [3.63, 3.8) is 0 Å². The highest BCUT2D eigenvalue weighted by Crippen LogP contribution is 2.35. The third kappa shape index (κ3) is 5.91. The van der Waals surface area contributed by atoms with Crippen molar-refractivity contribution < 1.29 is 14.4 Å². The van der Waals surface area contributed by atoms with Gasteiger partial charge < -0.3 is 16.8 Å². The van der Waals surface area contributed by atoms with E-state index in [4.69, 9.17) is 11.5 Å². The first-order valence-corrected chi connectivity index (χ1v) is 13.3. The molecule has 0 bridgehead atoms. The van der Waals surface area contributed by atoms with E-state index in [1.807, 2.05) is 57.2 Å². The molecule has 2 heterocycles. The summed E-state index contributed by atoms with van der Waals surface area (Å²) in [5, 5.41) is 3.84. The number of amides is 3. The van der Waals surface area contributed by atoms with Crippen molar-refractivity contribution in [3.05, 3.63) is 82.5 Å². The van der Waals surface area contributed by atoms with Crippen molar-refractivity contribution >= 4 is 51.5 Å². The number of aromatic nitrogens is 2. The van der Waals surface area contributed by atoms with Gasteiger partial charge in [0.1, 0.15) is 10.9 Å². The Bertz CT molecular complexity index is 1540. The molecule has 2 aromatic heterocycles. The van der Waals surface area contributed by atoms with Crippen LogP contribution in [0.25, 0.3) is 10.9 Å². The van der Waals surface area contributed by atoms with Gasteiger partial charge in [-0.25, -0.2) is 0 Å². The second-order valence-electron chi connectivity index (χ2n) is 10.7. The molecule has 202 valence electrons. The minimum absolute atomic E-state index is 0.0211. The molecule has 0 fully saturated rings. The fraction of sp³-hybridized carbons (Fsp3) is 0.276. The van der Waals surface area contributed by atoms with Gasteiger partial charge in [0.25, 0.3) is 11.8 Å². The normalized spacial score (nSPS) is 12.4. The first kappa shape index (κ1) is 27.7. The average molecular weight is 545 g/mol. The molecule has 0 aliphatic heterocycles. The third-order valence-corrected chi connectivity index (χ3v) is 7.01. The number of anilines is 2. The first-order chi connectivity index (χ1) is 18.4. The largest absolute Gasteiger partial charge is 0.395 e. The number of rotatable bonds is 7. The molecule has 0 radical (unpaired) electrons. The van der Waals surface area contributed by atoms with Gasteiger partial charge in [-0.3, -0.25) is 24.3 Å². The second-order valence-corrected chi connectivity index (χ2v) is 11.4. The van der Waals surface area contributed by atoms with Crippen LogP contribution in [0.1, 0.15) is 77.9 Å². The summed E-state index contributed by atoms with van der Waals surface area (Å²) in [5.74, 6) is -1.52.